The highest BCUT2D eigenvalue weighted by Gasteiger charge is 2.37. The second-order valence-electron chi connectivity index (χ2n) is 7.82. The van der Waals surface area contributed by atoms with E-state index in [0.29, 0.717) is 12.3 Å². The Balaban J connectivity index is 1.49. The third kappa shape index (κ3) is 2.81. The van der Waals surface area contributed by atoms with E-state index >= 15 is 0 Å². The molecule has 0 bridgehead atoms. The summed E-state index contributed by atoms with van der Waals surface area (Å²) in [4.78, 5) is 14.8. The summed E-state index contributed by atoms with van der Waals surface area (Å²) in [5, 5.41) is 13.0. The Labute approximate surface area is 144 Å². The molecule has 0 aromatic heterocycles. The molecule has 1 fully saturated rings. The maximum absolute atomic E-state index is 12.8. The summed E-state index contributed by atoms with van der Waals surface area (Å²) in [6, 6.07) is 7.00. The van der Waals surface area contributed by atoms with Gasteiger partial charge in [-0.05, 0) is 74.5 Å². The molecule has 1 aliphatic heterocycles. The number of carbonyl (C=O) groups excluding carboxylic acids is 1. The van der Waals surface area contributed by atoms with E-state index in [9.17, 15) is 9.90 Å². The fourth-order valence-corrected chi connectivity index (χ4v) is 5.09. The van der Waals surface area contributed by atoms with Crippen molar-refractivity contribution in [3.63, 3.8) is 0 Å². The van der Waals surface area contributed by atoms with Gasteiger partial charge in [0.2, 0.25) is 0 Å². The van der Waals surface area contributed by atoms with Crippen LogP contribution in [0.1, 0.15) is 74.1 Å². The van der Waals surface area contributed by atoms with Gasteiger partial charge in [0.1, 0.15) is 0 Å². The van der Waals surface area contributed by atoms with E-state index in [0.717, 1.165) is 25.8 Å². The van der Waals surface area contributed by atoms with Gasteiger partial charge >= 0.3 is 6.03 Å². The van der Waals surface area contributed by atoms with E-state index in [4.69, 9.17) is 0 Å². The summed E-state index contributed by atoms with van der Waals surface area (Å²) < 4.78 is 0. The van der Waals surface area contributed by atoms with Gasteiger partial charge in [-0.1, -0.05) is 18.2 Å². The summed E-state index contributed by atoms with van der Waals surface area (Å²) in [5.74, 6) is 0.627. The maximum atomic E-state index is 12.8. The van der Waals surface area contributed by atoms with Crippen LogP contribution >= 0.6 is 0 Å². The zero-order valence-corrected chi connectivity index (χ0v) is 14.5. The molecule has 4 rings (SSSR count). The number of nitrogens with zero attached hydrogens (tertiary/aromatic N) is 1. The maximum Gasteiger partial charge on any atom is 0.318 e. The van der Waals surface area contributed by atoms with E-state index < -0.39 is 0 Å². The zero-order chi connectivity index (χ0) is 16.7. The molecule has 0 radical (unpaired) electrons. The quantitative estimate of drug-likeness (QED) is 0.892. The Bertz CT molecular complexity index is 628. The van der Waals surface area contributed by atoms with Crippen molar-refractivity contribution in [2.45, 2.75) is 76.0 Å². The molecular weight excluding hydrogens is 300 g/mol. The monoisotopic (exact) mass is 328 g/mol. The fourth-order valence-electron chi connectivity index (χ4n) is 5.09. The molecule has 4 heteroatoms. The second-order valence-corrected chi connectivity index (χ2v) is 7.82. The molecule has 4 nitrogen and oxygen atoms in total. The van der Waals surface area contributed by atoms with Gasteiger partial charge in [-0.25, -0.2) is 4.79 Å². The lowest BCUT2D eigenvalue weighted by Crippen LogP contribution is -2.44. The van der Waals surface area contributed by atoms with Crippen molar-refractivity contribution in [1.82, 2.24) is 10.2 Å². The van der Waals surface area contributed by atoms with Crippen molar-refractivity contribution in [3.05, 3.63) is 34.9 Å². The first-order valence-corrected chi connectivity index (χ1v) is 9.50. The molecule has 24 heavy (non-hydrogen) atoms. The lowest BCUT2D eigenvalue weighted by molar-refractivity contribution is 0.137. The summed E-state index contributed by atoms with van der Waals surface area (Å²) in [6.07, 6.45) is 7.13. The van der Waals surface area contributed by atoms with Gasteiger partial charge in [0.15, 0.2) is 0 Å². The van der Waals surface area contributed by atoms with Crippen LogP contribution in [0.5, 0.6) is 0 Å². The van der Waals surface area contributed by atoms with Crippen LogP contribution in [0.4, 0.5) is 4.79 Å². The Hall–Kier alpha value is -1.55. The Kier molecular flexibility index (Phi) is 4.25. The van der Waals surface area contributed by atoms with E-state index in [2.05, 4.69) is 23.5 Å². The number of benzene rings is 1. The van der Waals surface area contributed by atoms with Crippen molar-refractivity contribution in [2.75, 3.05) is 6.54 Å². The van der Waals surface area contributed by atoms with Crippen LogP contribution in [0.25, 0.3) is 0 Å². The van der Waals surface area contributed by atoms with Crippen molar-refractivity contribution in [2.24, 2.45) is 0 Å². The van der Waals surface area contributed by atoms with E-state index in [1.54, 1.807) is 0 Å². The molecule has 0 saturated carbocycles. The molecule has 2 aliphatic carbocycles. The number of urea groups is 1. The number of aliphatic hydroxyl groups is 1. The fraction of sp³-hybridized carbons (Fsp3) is 0.650. The van der Waals surface area contributed by atoms with Gasteiger partial charge in [-0.3, -0.25) is 0 Å². The first-order valence-electron chi connectivity index (χ1n) is 9.50. The largest absolute Gasteiger partial charge is 0.393 e. The minimum absolute atomic E-state index is 0.0550. The SMILES string of the molecule is CC(O)CC1CCCN1C(=O)NC1CC2CCCc3cccc1c32. The standard InChI is InChI=1S/C20H28N2O2/c1-13(23)11-16-8-4-10-22(16)20(24)21-18-12-15-7-2-5-14-6-3-9-17(18)19(14)15/h3,6,9,13,15-16,18,23H,2,4-5,7-8,10-12H2,1H3,(H,21,24). The van der Waals surface area contributed by atoms with Crippen LogP contribution in [0.15, 0.2) is 18.2 Å². The number of aryl methyl sites for hydroxylation is 1. The average Bonchev–Trinajstić information content (AvgIpc) is 3.14. The minimum Gasteiger partial charge on any atom is -0.393 e. The lowest BCUT2D eigenvalue weighted by atomic mass is 9.84. The van der Waals surface area contributed by atoms with E-state index in [1.807, 2.05) is 11.8 Å². The van der Waals surface area contributed by atoms with Crippen LogP contribution in [0.3, 0.4) is 0 Å². The molecule has 130 valence electrons. The van der Waals surface area contributed by atoms with E-state index in [-0.39, 0.29) is 24.2 Å². The summed E-state index contributed by atoms with van der Waals surface area (Å²) in [6.45, 7) is 2.62. The number of rotatable bonds is 3. The van der Waals surface area contributed by atoms with Crippen LogP contribution in [0, 0.1) is 0 Å². The Morgan fingerprint density at radius 1 is 1.38 bits per heavy atom. The highest BCUT2D eigenvalue weighted by atomic mass is 16.3. The first-order chi connectivity index (χ1) is 11.6. The molecule has 1 heterocycles. The average molecular weight is 328 g/mol. The zero-order valence-electron chi connectivity index (χ0n) is 14.5. The molecule has 4 atom stereocenters. The third-order valence-electron chi connectivity index (χ3n) is 6.08. The number of nitrogens with one attached hydrogen (secondary N) is 1. The highest BCUT2D eigenvalue weighted by molar-refractivity contribution is 5.75. The number of hydrogen-bond acceptors (Lipinski definition) is 2. The van der Waals surface area contributed by atoms with Gasteiger partial charge in [0.25, 0.3) is 0 Å². The predicted octanol–water partition coefficient (Wildman–Crippen LogP) is 3.50. The van der Waals surface area contributed by atoms with Crippen molar-refractivity contribution in [3.8, 4) is 0 Å². The third-order valence-corrected chi connectivity index (χ3v) is 6.08. The van der Waals surface area contributed by atoms with Gasteiger partial charge < -0.3 is 15.3 Å². The molecule has 1 saturated heterocycles. The van der Waals surface area contributed by atoms with Crippen LogP contribution in [-0.2, 0) is 6.42 Å². The summed E-state index contributed by atoms with van der Waals surface area (Å²) in [5.41, 5.74) is 4.36. The van der Waals surface area contributed by atoms with Gasteiger partial charge in [0.05, 0.1) is 12.1 Å². The van der Waals surface area contributed by atoms with Gasteiger partial charge in [-0.2, -0.15) is 0 Å². The normalized spacial score (nSPS) is 29.4. The van der Waals surface area contributed by atoms with E-state index in [1.165, 1.54) is 36.0 Å². The molecule has 0 spiro atoms. The first kappa shape index (κ1) is 15.9. The molecule has 2 amide bonds. The van der Waals surface area contributed by atoms with Crippen molar-refractivity contribution in [1.29, 1.82) is 0 Å². The minimum atomic E-state index is -0.350. The summed E-state index contributed by atoms with van der Waals surface area (Å²) in [7, 11) is 0. The van der Waals surface area contributed by atoms with Crippen molar-refractivity contribution < 1.29 is 9.90 Å². The predicted molar refractivity (Wildman–Crippen MR) is 94.0 cm³/mol. The number of aliphatic hydroxyl groups excluding tert-OH is 1. The highest BCUT2D eigenvalue weighted by Crippen LogP contribution is 2.47. The molecule has 2 N–H and O–H groups in total. The van der Waals surface area contributed by atoms with Gasteiger partial charge in [-0.15, -0.1) is 0 Å². The molecule has 1 aromatic rings. The molecule has 1 aromatic carbocycles. The second kappa shape index (κ2) is 6.40. The smallest absolute Gasteiger partial charge is 0.318 e. The Morgan fingerprint density at radius 2 is 2.25 bits per heavy atom. The molecule has 4 unspecified atom stereocenters. The van der Waals surface area contributed by atoms with Crippen LogP contribution < -0.4 is 5.32 Å². The summed E-state index contributed by atoms with van der Waals surface area (Å²) >= 11 is 0. The Morgan fingerprint density at radius 3 is 3.08 bits per heavy atom. The number of hydrogen-bond donors (Lipinski definition) is 2. The molecular formula is C20H28N2O2. The molecule has 3 aliphatic rings. The number of carbonyl (C=O) groups is 1. The van der Waals surface area contributed by atoms with Crippen molar-refractivity contribution >= 4 is 6.03 Å². The topological polar surface area (TPSA) is 52.6 Å². The van der Waals surface area contributed by atoms with Crippen LogP contribution in [-0.4, -0.2) is 34.7 Å². The number of amides is 2. The van der Waals surface area contributed by atoms with Gasteiger partial charge in [0, 0.05) is 12.6 Å². The van der Waals surface area contributed by atoms with Crippen LogP contribution in [0.2, 0.25) is 0 Å². The lowest BCUT2D eigenvalue weighted by Gasteiger charge is -2.28. The number of likely N-dealkylation sites (tertiary alicyclic amines) is 1.